The molecule has 5 heterocycles. The number of halogens is 1. The van der Waals surface area contributed by atoms with Crippen molar-refractivity contribution in [2.75, 3.05) is 0 Å². The van der Waals surface area contributed by atoms with Gasteiger partial charge in [0.1, 0.15) is 12.2 Å². The van der Waals surface area contributed by atoms with E-state index in [9.17, 15) is 0 Å². The molecule has 0 spiro atoms. The fourth-order valence-electron chi connectivity index (χ4n) is 4.41. The third-order valence-electron chi connectivity index (χ3n) is 6.12. The SMILES string of the molecule is Cc1cccc(-c2[nH]c(CN(I)Cc3ccccc3-c3ccncc3)nc2-c2ccc3ncnn3c2)n1. The van der Waals surface area contributed by atoms with Gasteiger partial charge < -0.3 is 4.98 Å². The number of rotatable bonds is 7. The van der Waals surface area contributed by atoms with Crippen LogP contribution in [0.25, 0.3) is 39.4 Å². The summed E-state index contributed by atoms with van der Waals surface area (Å²) in [4.78, 5) is 21.8. The minimum atomic E-state index is 0.635. The van der Waals surface area contributed by atoms with E-state index >= 15 is 0 Å². The van der Waals surface area contributed by atoms with Crippen LogP contribution in [0, 0.1) is 6.92 Å². The van der Waals surface area contributed by atoms with Crippen molar-refractivity contribution < 1.29 is 0 Å². The van der Waals surface area contributed by atoms with E-state index in [4.69, 9.17) is 9.97 Å². The summed E-state index contributed by atoms with van der Waals surface area (Å²) in [5, 5.41) is 4.30. The van der Waals surface area contributed by atoms with Crippen molar-refractivity contribution in [1.82, 2.24) is 37.6 Å². The van der Waals surface area contributed by atoms with E-state index in [0.29, 0.717) is 6.54 Å². The van der Waals surface area contributed by atoms with Gasteiger partial charge in [0.25, 0.3) is 0 Å². The van der Waals surface area contributed by atoms with Gasteiger partial charge in [-0.25, -0.2) is 17.6 Å². The largest absolute Gasteiger partial charge is 0.339 e. The monoisotopic (exact) mass is 598 g/mol. The fraction of sp³-hybridized carbons (Fsp3) is 0.107. The molecule has 0 atom stereocenters. The van der Waals surface area contributed by atoms with Crippen molar-refractivity contribution >= 4 is 28.5 Å². The predicted molar refractivity (Wildman–Crippen MR) is 151 cm³/mol. The molecule has 0 aliphatic heterocycles. The molecule has 9 heteroatoms. The molecular weight excluding hydrogens is 575 g/mol. The Morgan fingerprint density at radius 3 is 2.62 bits per heavy atom. The number of H-pyrrole nitrogens is 1. The molecule has 0 fully saturated rings. The van der Waals surface area contributed by atoms with Crippen molar-refractivity contribution in [3.8, 4) is 33.8 Å². The summed E-state index contributed by atoms with van der Waals surface area (Å²) in [5.74, 6) is 0.864. The average molecular weight is 598 g/mol. The lowest BCUT2D eigenvalue weighted by molar-refractivity contribution is 0.490. The number of nitrogens with one attached hydrogen (secondary N) is 1. The second-order valence-electron chi connectivity index (χ2n) is 8.72. The van der Waals surface area contributed by atoms with Gasteiger partial charge in [-0.2, -0.15) is 5.10 Å². The van der Waals surface area contributed by atoms with Gasteiger partial charge in [0.15, 0.2) is 5.65 Å². The molecule has 5 aromatic heterocycles. The molecule has 0 aliphatic carbocycles. The number of hydrogen-bond acceptors (Lipinski definition) is 6. The normalized spacial score (nSPS) is 11.4. The van der Waals surface area contributed by atoms with Gasteiger partial charge >= 0.3 is 0 Å². The zero-order valence-electron chi connectivity index (χ0n) is 20.1. The number of benzene rings is 1. The van der Waals surface area contributed by atoms with Crippen molar-refractivity contribution in [3.63, 3.8) is 0 Å². The van der Waals surface area contributed by atoms with Gasteiger partial charge in [0.05, 0.1) is 23.6 Å². The highest BCUT2D eigenvalue weighted by Crippen LogP contribution is 2.31. The number of fused-ring (bicyclic) bond motifs is 1. The van der Waals surface area contributed by atoms with Crippen LogP contribution in [0.4, 0.5) is 0 Å². The molecule has 0 saturated heterocycles. The molecule has 0 bridgehead atoms. The Morgan fingerprint density at radius 2 is 1.76 bits per heavy atom. The standard InChI is InChI=1S/C28H23IN8/c1-19-5-4-8-24(33-19)28-27(22-9-10-26-31-18-32-37(26)16-22)34-25(35-28)17-36(29)15-21-6-2-3-7-23(21)20-11-13-30-14-12-20/h2-14,16,18H,15,17H2,1H3,(H,34,35). The lowest BCUT2D eigenvalue weighted by Gasteiger charge is -2.16. The van der Waals surface area contributed by atoms with Crippen LogP contribution >= 0.6 is 22.9 Å². The second-order valence-corrected chi connectivity index (χ2v) is 10.1. The minimum absolute atomic E-state index is 0.635. The first kappa shape index (κ1) is 23.4. The highest BCUT2D eigenvalue weighted by molar-refractivity contribution is 14.1. The smallest absolute Gasteiger partial charge is 0.155 e. The number of aryl methyl sites for hydroxylation is 1. The summed E-state index contributed by atoms with van der Waals surface area (Å²) in [6.45, 7) is 3.39. The summed E-state index contributed by atoms with van der Waals surface area (Å²) in [5.41, 5.74) is 8.89. The van der Waals surface area contributed by atoms with Crippen molar-refractivity contribution in [2.45, 2.75) is 20.0 Å². The highest BCUT2D eigenvalue weighted by Gasteiger charge is 2.18. The Hall–Kier alpha value is -3.96. The van der Waals surface area contributed by atoms with Crippen LogP contribution in [-0.4, -0.2) is 37.6 Å². The molecule has 1 N–H and O–H groups in total. The van der Waals surface area contributed by atoms with E-state index in [1.807, 2.05) is 68.0 Å². The van der Waals surface area contributed by atoms with Crippen LogP contribution in [0.5, 0.6) is 0 Å². The summed E-state index contributed by atoms with van der Waals surface area (Å²) in [6.07, 6.45) is 7.16. The van der Waals surface area contributed by atoms with Crippen LogP contribution in [0.1, 0.15) is 17.1 Å². The lowest BCUT2D eigenvalue weighted by atomic mass is 10.0. The van der Waals surface area contributed by atoms with Gasteiger partial charge in [-0.05, 0) is 60.0 Å². The number of pyridine rings is 3. The van der Waals surface area contributed by atoms with E-state index < -0.39 is 0 Å². The van der Waals surface area contributed by atoms with Gasteiger partial charge in [-0.15, -0.1) is 0 Å². The minimum Gasteiger partial charge on any atom is -0.339 e. The quantitative estimate of drug-likeness (QED) is 0.182. The first-order valence-electron chi connectivity index (χ1n) is 11.9. The number of nitrogens with zero attached hydrogens (tertiary/aromatic N) is 7. The zero-order valence-corrected chi connectivity index (χ0v) is 22.2. The Morgan fingerprint density at radius 1 is 0.892 bits per heavy atom. The molecule has 182 valence electrons. The van der Waals surface area contributed by atoms with E-state index in [-0.39, 0.29) is 0 Å². The van der Waals surface area contributed by atoms with Crippen molar-refractivity contribution in [2.24, 2.45) is 0 Å². The van der Waals surface area contributed by atoms with E-state index in [0.717, 1.165) is 51.9 Å². The molecule has 0 amide bonds. The average Bonchev–Trinajstić information content (AvgIpc) is 3.56. The maximum atomic E-state index is 5.03. The molecule has 1 aromatic carbocycles. The highest BCUT2D eigenvalue weighted by atomic mass is 127. The molecular formula is C28H23IN8. The third kappa shape index (κ3) is 5.00. The van der Waals surface area contributed by atoms with E-state index in [1.54, 1.807) is 10.8 Å². The summed E-state index contributed by atoms with van der Waals surface area (Å²) in [7, 11) is 0. The maximum Gasteiger partial charge on any atom is 0.155 e. The van der Waals surface area contributed by atoms with Gasteiger partial charge in [0.2, 0.25) is 0 Å². The zero-order chi connectivity index (χ0) is 25.2. The van der Waals surface area contributed by atoms with Crippen LogP contribution in [0.15, 0.2) is 91.6 Å². The van der Waals surface area contributed by atoms with Crippen LogP contribution in [0.2, 0.25) is 0 Å². The van der Waals surface area contributed by atoms with Gasteiger partial charge in [-0.1, -0.05) is 30.3 Å². The predicted octanol–water partition coefficient (Wildman–Crippen LogP) is 5.90. The molecule has 0 saturated carbocycles. The van der Waals surface area contributed by atoms with Crippen LogP contribution in [0.3, 0.4) is 0 Å². The summed E-state index contributed by atoms with van der Waals surface area (Å²) >= 11 is 2.37. The summed E-state index contributed by atoms with van der Waals surface area (Å²) in [6, 6.07) is 22.6. The van der Waals surface area contributed by atoms with Crippen LogP contribution < -0.4 is 0 Å². The molecule has 0 aliphatic rings. The van der Waals surface area contributed by atoms with Crippen LogP contribution in [-0.2, 0) is 13.1 Å². The summed E-state index contributed by atoms with van der Waals surface area (Å²) < 4.78 is 3.99. The van der Waals surface area contributed by atoms with E-state index in [2.05, 4.69) is 70.3 Å². The number of hydrogen-bond donors (Lipinski definition) is 1. The maximum absolute atomic E-state index is 5.03. The first-order chi connectivity index (χ1) is 18.1. The Kier molecular flexibility index (Phi) is 6.46. The molecule has 6 rings (SSSR count). The first-order valence-corrected chi connectivity index (χ1v) is 12.8. The molecule has 0 radical (unpaired) electrons. The van der Waals surface area contributed by atoms with Crippen molar-refractivity contribution in [1.29, 1.82) is 0 Å². The molecule has 0 unspecified atom stereocenters. The Bertz CT molecular complexity index is 1670. The lowest BCUT2D eigenvalue weighted by Crippen LogP contribution is -2.12. The fourth-order valence-corrected chi connectivity index (χ4v) is 5.10. The number of aromatic amines is 1. The Labute approximate surface area is 228 Å². The molecule has 8 nitrogen and oxygen atoms in total. The van der Waals surface area contributed by atoms with E-state index in [1.165, 1.54) is 11.1 Å². The molecule has 6 aromatic rings. The molecule has 37 heavy (non-hydrogen) atoms. The number of aromatic nitrogens is 7. The van der Waals surface area contributed by atoms with Crippen molar-refractivity contribution in [3.05, 3.63) is 109 Å². The topological polar surface area (TPSA) is 87.9 Å². The van der Waals surface area contributed by atoms with Gasteiger partial charge in [0, 0.05) is 59.3 Å². The number of imidazole rings is 1. The second kappa shape index (κ2) is 10.2. The van der Waals surface area contributed by atoms with Gasteiger partial charge in [-0.3, -0.25) is 9.97 Å². The third-order valence-corrected chi connectivity index (χ3v) is 6.80. The Balaban J connectivity index is 1.33.